The number of aliphatic hydroxyl groups is 1. The minimum absolute atomic E-state index is 0.000142. The summed E-state index contributed by atoms with van der Waals surface area (Å²) < 4.78 is 5.12. The van der Waals surface area contributed by atoms with Crippen molar-refractivity contribution in [2.45, 2.75) is 45.6 Å². The van der Waals surface area contributed by atoms with Crippen LogP contribution in [0.4, 0.5) is 0 Å². The SMILES string of the molecule is CC(=O)N1CC2(CCN(C(=O)c3ncoc3C)CC2)C[C@]1(C)CO. The third-order valence-corrected chi connectivity index (χ3v) is 5.68. The maximum Gasteiger partial charge on any atom is 0.276 e. The van der Waals surface area contributed by atoms with Crippen LogP contribution in [0.25, 0.3) is 0 Å². The van der Waals surface area contributed by atoms with Gasteiger partial charge in [-0.05, 0) is 38.5 Å². The van der Waals surface area contributed by atoms with E-state index in [0.717, 1.165) is 19.3 Å². The molecule has 7 heteroatoms. The summed E-state index contributed by atoms with van der Waals surface area (Å²) in [6.45, 7) is 7.13. The maximum atomic E-state index is 12.5. The van der Waals surface area contributed by atoms with Gasteiger partial charge in [-0.3, -0.25) is 9.59 Å². The molecule has 0 radical (unpaired) electrons. The first kappa shape index (κ1) is 17.0. The van der Waals surface area contributed by atoms with Crippen molar-refractivity contribution >= 4 is 11.8 Å². The Bertz CT molecular complexity index is 648. The highest BCUT2D eigenvalue weighted by Gasteiger charge is 2.52. The van der Waals surface area contributed by atoms with Gasteiger partial charge < -0.3 is 19.3 Å². The van der Waals surface area contributed by atoms with E-state index in [1.54, 1.807) is 18.7 Å². The van der Waals surface area contributed by atoms with E-state index < -0.39 is 5.54 Å². The third-order valence-electron chi connectivity index (χ3n) is 5.68. The molecule has 1 spiro atoms. The number of aliphatic hydroxyl groups excluding tert-OH is 1. The van der Waals surface area contributed by atoms with Crippen LogP contribution in [0.15, 0.2) is 10.8 Å². The Hall–Kier alpha value is -1.89. The lowest BCUT2D eigenvalue weighted by Gasteiger charge is -2.39. The summed E-state index contributed by atoms with van der Waals surface area (Å²) in [4.78, 5) is 32.1. The smallest absolute Gasteiger partial charge is 0.276 e. The molecule has 2 amide bonds. The van der Waals surface area contributed by atoms with Crippen molar-refractivity contribution in [3.63, 3.8) is 0 Å². The molecule has 2 aliphatic rings. The molecule has 1 aromatic heterocycles. The van der Waals surface area contributed by atoms with Gasteiger partial charge in [0.25, 0.3) is 5.91 Å². The molecular weight excluding hydrogens is 310 g/mol. The summed E-state index contributed by atoms with van der Waals surface area (Å²) in [5, 5.41) is 9.78. The number of oxazole rings is 1. The van der Waals surface area contributed by atoms with Crippen molar-refractivity contribution in [3.05, 3.63) is 17.8 Å². The fourth-order valence-corrected chi connectivity index (χ4v) is 4.30. The highest BCUT2D eigenvalue weighted by Crippen LogP contribution is 2.48. The third kappa shape index (κ3) is 2.70. The molecule has 1 aromatic rings. The normalized spacial score (nSPS) is 26.2. The zero-order valence-electron chi connectivity index (χ0n) is 14.5. The molecule has 3 rings (SSSR count). The van der Waals surface area contributed by atoms with E-state index in [-0.39, 0.29) is 23.8 Å². The van der Waals surface area contributed by atoms with E-state index >= 15 is 0 Å². The van der Waals surface area contributed by atoms with E-state index in [9.17, 15) is 14.7 Å². The van der Waals surface area contributed by atoms with Gasteiger partial charge >= 0.3 is 0 Å². The lowest BCUT2D eigenvalue weighted by atomic mass is 9.74. The Kier molecular flexibility index (Phi) is 4.15. The number of carbonyl (C=O) groups excluding carboxylic acids is 2. The van der Waals surface area contributed by atoms with Crippen molar-refractivity contribution < 1.29 is 19.1 Å². The van der Waals surface area contributed by atoms with Gasteiger partial charge in [-0.25, -0.2) is 4.98 Å². The van der Waals surface area contributed by atoms with Crippen LogP contribution in [0.5, 0.6) is 0 Å². The number of hydrogen-bond acceptors (Lipinski definition) is 5. The second kappa shape index (κ2) is 5.88. The lowest BCUT2D eigenvalue weighted by molar-refractivity contribution is -0.134. The molecule has 2 aliphatic heterocycles. The minimum Gasteiger partial charge on any atom is -0.448 e. The highest BCUT2D eigenvalue weighted by atomic mass is 16.3. The van der Waals surface area contributed by atoms with Crippen molar-refractivity contribution in [2.24, 2.45) is 5.41 Å². The van der Waals surface area contributed by atoms with Gasteiger partial charge in [0, 0.05) is 26.6 Å². The van der Waals surface area contributed by atoms with Crippen LogP contribution in [-0.4, -0.2) is 63.5 Å². The fraction of sp³-hybridized carbons (Fsp3) is 0.706. The van der Waals surface area contributed by atoms with Gasteiger partial charge in [-0.1, -0.05) is 0 Å². The van der Waals surface area contributed by atoms with Gasteiger partial charge in [0.15, 0.2) is 12.1 Å². The number of nitrogens with zero attached hydrogens (tertiary/aromatic N) is 3. The number of rotatable bonds is 2. The van der Waals surface area contributed by atoms with Crippen LogP contribution >= 0.6 is 0 Å². The molecule has 0 aromatic carbocycles. The number of aromatic nitrogens is 1. The van der Waals surface area contributed by atoms with Crippen LogP contribution in [0.3, 0.4) is 0 Å². The Morgan fingerprint density at radius 3 is 2.50 bits per heavy atom. The summed E-state index contributed by atoms with van der Waals surface area (Å²) in [7, 11) is 0. The van der Waals surface area contributed by atoms with Crippen LogP contribution in [0, 0.1) is 12.3 Å². The first-order valence-corrected chi connectivity index (χ1v) is 8.39. The summed E-state index contributed by atoms with van der Waals surface area (Å²) in [5.41, 5.74) is -0.137. The number of carbonyl (C=O) groups is 2. The predicted molar refractivity (Wildman–Crippen MR) is 86.3 cm³/mol. The number of piperidine rings is 1. The zero-order chi connectivity index (χ0) is 17.5. The summed E-state index contributed by atoms with van der Waals surface area (Å²) in [5.74, 6) is 0.444. The van der Waals surface area contributed by atoms with Crippen molar-refractivity contribution in [1.82, 2.24) is 14.8 Å². The fourth-order valence-electron chi connectivity index (χ4n) is 4.30. The number of likely N-dealkylation sites (tertiary alicyclic amines) is 2. The highest BCUT2D eigenvalue weighted by molar-refractivity contribution is 5.93. The second-order valence-electron chi connectivity index (χ2n) is 7.49. The minimum atomic E-state index is -0.499. The molecule has 132 valence electrons. The molecule has 3 heterocycles. The molecule has 24 heavy (non-hydrogen) atoms. The van der Waals surface area contributed by atoms with E-state index in [0.29, 0.717) is 31.1 Å². The molecule has 0 aliphatic carbocycles. The van der Waals surface area contributed by atoms with E-state index in [4.69, 9.17) is 4.42 Å². The first-order chi connectivity index (χ1) is 11.3. The lowest BCUT2D eigenvalue weighted by Crippen LogP contribution is -2.46. The van der Waals surface area contributed by atoms with Crippen molar-refractivity contribution in [2.75, 3.05) is 26.2 Å². The summed E-state index contributed by atoms with van der Waals surface area (Å²) >= 11 is 0. The Morgan fingerprint density at radius 1 is 1.38 bits per heavy atom. The zero-order valence-corrected chi connectivity index (χ0v) is 14.5. The van der Waals surface area contributed by atoms with E-state index in [1.165, 1.54) is 6.39 Å². The monoisotopic (exact) mass is 335 g/mol. The Morgan fingerprint density at radius 2 is 2.04 bits per heavy atom. The quantitative estimate of drug-likeness (QED) is 0.878. The van der Waals surface area contributed by atoms with Gasteiger partial charge in [-0.2, -0.15) is 0 Å². The van der Waals surface area contributed by atoms with Gasteiger partial charge in [0.2, 0.25) is 5.91 Å². The predicted octanol–water partition coefficient (Wildman–Crippen LogP) is 1.21. The molecule has 0 bridgehead atoms. The molecular formula is C17H25N3O4. The largest absolute Gasteiger partial charge is 0.448 e. The van der Waals surface area contributed by atoms with Crippen LogP contribution < -0.4 is 0 Å². The molecule has 1 N–H and O–H groups in total. The molecule has 7 nitrogen and oxygen atoms in total. The number of aryl methyl sites for hydroxylation is 1. The van der Waals surface area contributed by atoms with Gasteiger partial charge in [-0.15, -0.1) is 0 Å². The molecule has 2 saturated heterocycles. The van der Waals surface area contributed by atoms with Crippen LogP contribution in [0.1, 0.15) is 49.4 Å². The average Bonchev–Trinajstić information content (AvgIpc) is 3.10. The average molecular weight is 335 g/mol. The first-order valence-electron chi connectivity index (χ1n) is 8.39. The molecule has 0 unspecified atom stereocenters. The van der Waals surface area contributed by atoms with Crippen molar-refractivity contribution in [3.8, 4) is 0 Å². The van der Waals surface area contributed by atoms with Gasteiger partial charge in [0.1, 0.15) is 5.76 Å². The maximum absolute atomic E-state index is 12.5. The Balaban J connectivity index is 1.70. The number of hydrogen-bond donors (Lipinski definition) is 1. The van der Waals surface area contributed by atoms with Crippen molar-refractivity contribution in [1.29, 1.82) is 0 Å². The number of amides is 2. The van der Waals surface area contributed by atoms with Crippen LogP contribution in [0.2, 0.25) is 0 Å². The molecule has 2 fully saturated rings. The van der Waals surface area contributed by atoms with Crippen LogP contribution in [-0.2, 0) is 4.79 Å². The van der Waals surface area contributed by atoms with E-state index in [1.807, 2.05) is 11.8 Å². The summed E-state index contributed by atoms with van der Waals surface area (Å²) in [6, 6.07) is 0. The standard InChI is InChI=1S/C17H25N3O4/c1-12-14(18-11-24-12)15(23)19-6-4-17(5-7-19)8-16(3,10-21)20(9-17)13(2)22/h11,21H,4-10H2,1-3H3/t16-/m1/s1. The second-order valence-corrected chi connectivity index (χ2v) is 7.49. The molecule has 1 atom stereocenters. The van der Waals surface area contributed by atoms with E-state index in [2.05, 4.69) is 4.98 Å². The Labute approximate surface area is 141 Å². The topological polar surface area (TPSA) is 86.9 Å². The van der Waals surface area contributed by atoms with Gasteiger partial charge in [0.05, 0.1) is 12.1 Å². The summed E-state index contributed by atoms with van der Waals surface area (Å²) in [6.07, 6.45) is 3.73. The molecule has 0 saturated carbocycles.